The van der Waals surface area contributed by atoms with Crippen LogP contribution in [0, 0.1) is 0 Å². The molecule has 0 radical (unpaired) electrons. The third-order valence-electron chi connectivity index (χ3n) is 2.60. The fraction of sp³-hybridized carbons (Fsp3) is 0.200. The summed E-state index contributed by atoms with van der Waals surface area (Å²) < 4.78 is 23.7. The molecule has 0 aromatic carbocycles. The summed E-state index contributed by atoms with van der Waals surface area (Å²) in [5.74, 6) is 0. The van der Waals surface area contributed by atoms with Gasteiger partial charge in [-0.05, 0) is 24.5 Å². The Bertz CT molecular complexity index is 357. The molecule has 10 heteroatoms. The van der Waals surface area contributed by atoms with Crippen molar-refractivity contribution in [1.82, 2.24) is 0 Å². The molecule has 1 aliphatic heterocycles. The van der Waals surface area contributed by atoms with E-state index in [1.54, 1.807) is 24.5 Å². The molecule has 4 nitrogen and oxygen atoms in total. The molecule has 1 saturated heterocycles. The Hall–Kier alpha value is 0.248. The molecule has 1 aliphatic rings. The summed E-state index contributed by atoms with van der Waals surface area (Å²) in [6.45, 7) is 18.4. The summed E-state index contributed by atoms with van der Waals surface area (Å²) in [6, 6.07) is 0. The smallest absolute Gasteiger partial charge is 0.398 e. The van der Waals surface area contributed by atoms with E-state index in [1.165, 1.54) is 11.4 Å². The van der Waals surface area contributed by atoms with Gasteiger partial charge in [0, 0.05) is 0 Å². The lowest BCUT2D eigenvalue weighted by Gasteiger charge is -2.44. The lowest BCUT2D eigenvalue weighted by Crippen LogP contribution is -2.64. The molecular formula is C10H18Cl2O4Si4. The van der Waals surface area contributed by atoms with Gasteiger partial charge in [0.2, 0.25) is 0 Å². The monoisotopic (exact) mass is 384 g/mol. The second kappa shape index (κ2) is 6.16. The van der Waals surface area contributed by atoms with E-state index in [1.807, 2.05) is 0 Å². The van der Waals surface area contributed by atoms with E-state index in [2.05, 4.69) is 26.3 Å². The van der Waals surface area contributed by atoms with E-state index in [9.17, 15) is 0 Å². The SMILES string of the molecule is C=C[Si]1(C)O[Si](Cl)(C=C)O[Si](C)(C=C)O[Si](Cl)(C=C)O1. The summed E-state index contributed by atoms with van der Waals surface area (Å²) in [5, 5.41) is 0. The summed E-state index contributed by atoms with van der Waals surface area (Å²) in [7, 11) is -12.1. The van der Waals surface area contributed by atoms with Crippen LogP contribution in [0.5, 0.6) is 0 Å². The number of rotatable bonds is 4. The van der Waals surface area contributed by atoms with Crippen LogP contribution in [0.4, 0.5) is 0 Å². The van der Waals surface area contributed by atoms with E-state index < -0.39 is 32.9 Å². The Morgan fingerprint density at radius 2 is 0.900 bits per heavy atom. The third-order valence-corrected chi connectivity index (χ3v) is 19.7. The zero-order valence-electron chi connectivity index (χ0n) is 11.5. The van der Waals surface area contributed by atoms with Gasteiger partial charge in [0.25, 0.3) is 0 Å². The quantitative estimate of drug-likeness (QED) is 0.549. The van der Waals surface area contributed by atoms with Crippen LogP contribution >= 0.6 is 22.2 Å². The number of hydrogen-bond acceptors (Lipinski definition) is 4. The van der Waals surface area contributed by atoms with Crippen molar-refractivity contribution in [1.29, 1.82) is 0 Å². The highest BCUT2D eigenvalue weighted by Crippen LogP contribution is 2.35. The minimum atomic E-state index is -3.18. The van der Waals surface area contributed by atoms with Crippen molar-refractivity contribution in [3.05, 3.63) is 49.1 Å². The normalized spacial score (nSPS) is 45.8. The average Bonchev–Trinajstić information content (AvgIpc) is 2.36. The highest BCUT2D eigenvalue weighted by molar-refractivity contribution is 7.25. The molecule has 0 aromatic rings. The molecule has 1 heterocycles. The Morgan fingerprint density at radius 1 is 0.650 bits per heavy atom. The summed E-state index contributed by atoms with van der Waals surface area (Å²) in [6.07, 6.45) is 0. The summed E-state index contributed by atoms with van der Waals surface area (Å²) in [4.78, 5) is 0. The molecule has 20 heavy (non-hydrogen) atoms. The maximum atomic E-state index is 6.44. The summed E-state index contributed by atoms with van der Waals surface area (Å²) in [5.41, 5.74) is 6.11. The maximum Gasteiger partial charge on any atom is 0.453 e. The Morgan fingerprint density at radius 3 is 1.05 bits per heavy atom. The predicted molar refractivity (Wildman–Crippen MR) is 91.6 cm³/mol. The Labute approximate surface area is 133 Å². The van der Waals surface area contributed by atoms with Crippen LogP contribution in [0.3, 0.4) is 0 Å². The molecule has 0 spiro atoms. The second-order valence-electron chi connectivity index (χ2n) is 4.42. The van der Waals surface area contributed by atoms with E-state index >= 15 is 0 Å². The standard InChI is InChI=1S/C10H18Cl2O4Si4/c1-7-17(5)13-19(11,9-3)15-18(6,8-2)16-20(12,10-4)14-17/h7-10H,1-4H2,5-6H3. The van der Waals surface area contributed by atoms with Crippen molar-refractivity contribution in [2.45, 2.75) is 13.1 Å². The van der Waals surface area contributed by atoms with Crippen LogP contribution in [0.1, 0.15) is 0 Å². The van der Waals surface area contributed by atoms with Crippen molar-refractivity contribution in [3.8, 4) is 0 Å². The van der Waals surface area contributed by atoms with Crippen molar-refractivity contribution in [2.75, 3.05) is 0 Å². The molecule has 0 amide bonds. The molecule has 0 aromatic heterocycles. The minimum Gasteiger partial charge on any atom is -0.398 e. The van der Waals surface area contributed by atoms with Gasteiger partial charge in [0.05, 0.1) is 0 Å². The second-order valence-corrected chi connectivity index (χ2v) is 18.9. The molecule has 1 rings (SSSR count). The third kappa shape index (κ3) is 4.13. The molecule has 0 saturated carbocycles. The van der Waals surface area contributed by atoms with Gasteiger partial charge in [-0.1, -0.05) is 33.6 Å². The van der Waals surface area contributed by atoms with Gasteiger partial charge in [-0.25, -0.2) is 0 Å². The molecule has 0 N–H and O–H groups in total. The van der Waals surface area contributed by atoms with Crippen LogP contribution in [-0.2, 0) is 16.5 Å². The number of halogens is 2. The minimum absolute atomic E-state index is 1.47. The summed E-state index contributed by atoms with van der Waals surface area (Å²) >= 11 is 12.9. The highest BCUT2D eigenvalue weighted by Gasteiger charge is 2.57. The average molecular weight is 386 g/mol. The lowest BCUT2D eigenvalue weighted by atomic mass is 11.3. The molecule has 0 aliphatic carbocycles. The molecule has 1 fully saturated rings. The van der Waals surface area contributed by atoms with E-state index in [4.69, 9.17) is 38.6 Å². The molecule has 0 atom stereocenters. The van der Waals surface area contributed by atoms with E-state index in [0.29, 0.717) is 0 Å². The molecule has 112 valence electrons. The van der Waals surface area contributed by atoms with Crippen LogP contribution in [0.2, 0.25) is 13.1 Å². The predicted octanol–water partition coefficient (Wildman–Crippen LogP) is 3.47. The number of hydrogen-bond donors (Lipinski definition) is 0. The highest BCUT2D eigenvalue weighted by atomic mass is 35.6. The zero-order chi connectivity index (χ0) is 15.7. The fourth-order valence-electron chi connectivity index (χ4n) is 1.52. The first-order valence-electron chi connectivity index (χ1n) is 5.80. The van der Waals surface area contributed by atoms with E-state index in [0.717, 1.165) is 0 Å². The first-order chi connectivity index (χ1) is 9.07. The van der Waals surface area contributed by atoms with E-state index in [-0.39, 0.29) is 0 Å². The zero-order valence-corrected chi connectivity index (χ0v) is 17.0. The van der Waals surface area contributed by atoms with Gasteiger partial charge in [0.1, 0.15) is 0 Å². The van der Waals surface area contributed by atoms with Crippen molar-refractivity contribution >= 4 is 55.0 Å². The maximum absolute atomic E-state index is 6.44. The van der Waals surface area contributed by atoms with Crippen molar-refractivity contribution < 1.29 is 16.5 Å². The van der Waals surface area contributed by atoms with Crippen molar-refractivity contribution in [3.63, 3.8) is 0 Å². The topological polar surface area (TPSA) is 36.9 Å². The van der Waals surface area contributed by atoms with Gasteiger partial charge >= 0.3 is 32.9 Å². The van der Waals surface area contributed by atoms with Crippen LogP contribution in [-0.4, -0.2) is 32.9 Å². The molecular weight excluding hydrogens is 367 g/mol. The Kier molecular flexibility index (Phi) is 5.64. The largest absolute Gasteiger partial charge is 0.453 e. The van der Waals surface area contributed by atoms with Gasteiger partial charge in [-0.2, -0.15) is 0 Å². The van der Waals surface area contributed by atoms with Gasteiger partial charge < -0.3 is 16.5 Å². The lowest BCUT2D eigenvalue weighted by molar-refractivity contribution is 0.266. The molecule has 0 bridgehead atoms. The first kappa shape index (κ1) is 18.3. The molecule has 0 unspecified atom stereocenters. The Balaban J connectivity index is 3.31. The van der Waals surface area contributed by atoms with Crippen LogP contribution < -0.4 is 0 Å². The van der Waals surface area contributed by atoms with Crippen LogP contribution in [0.25, 0.3) is 0 Å². The van der Waals surface area contributed by atoms with Crippen LogP contribution in [0.15, 0.2) is 49.1 Å². The fourth-order valence-corrected chi connectivity index (χ4v) is 20.7. The van der Waals surface area contributed by atoms with Gasteiger partial charge in [0.15, 0.2) is 0 Å². The van der Waals surface area contributed by atoms with Gasteiger partial charge in [-0.15, -0.1) is 26.3 Å². The van der Waals surface area contributed by atoms with Crippen molar-refractivity contribution in [2.24, 2.45) is 0 Å². The first-order valence-corrected chi connectivity index (χ1v) is 16.4. The van der Waals surface area contributed by atoms with Gasteiger partial charge in [-0.3, -0.25) is 0 Å².